The first-order valence-electron chi connectivity index (χ1n) is 6.15. The Morgan fingerprint density at radius 3 is 2.67 bits per heavy atom. The first-order chi connectivity index (χ1) is 8.65. The van der Waals surface area contributed by atoms with Crippen molar-refractivity contribution in [3.05, 3.63) is 17.5 Å². The van der Waals surface area contributed by atoms with Crippen molar-refractivity contribution in [3.63, 3.8) is 0 Å². The van der Waals surface area contributed by atoms with Crippen molar-refractivity contribution < 1.29 is 14.7 Å². The maximum atomic E-state index is 10.9. The van der Waals surface area contributed by atoms with Gasteiger partial charge in [-0.3, -0.25) is 9.48 Å². The minimum atomic E-state index is -1.15. The van der Waals surface area contributed by atoms with E-state index >= 15 is 0 Å². The third kappa shape index (κ3) is 2.43. The second kappa shape index (κ2) is 5.30. The Labute approximate surface area is 105 Å². The molecule has 6 heteroatoms. The molecule has 0 amide bonds. The molecule has 18 heavy (non-hydrogen) atoms. The van der Waals surface area contributed by atoms with Crippen molar-refractivity contribution in [1.82, 2.24) is 14.7 Å². The fourth-order valence-electron chi connectivity index (χ4n) is 2.35. The highest BCUT2D eigenvalue weighted by Crippen LogP contribution is 2.22. The molecule has 0 bridgehead atoms. The molecule has 1 aliphatic heterocycles. The summed E-state index contributed by atoms with van der Waals surface area (Å²) in [5.74, 6) is -1.15. The van der Waals surface area contributed by atoms with Crippen LogP contribution in [0.2, 0.25) is 0 Å². The lowest BCUT2D eigenvalue weighted by Crippen LogP contribution is -2.34. The quantitative estimate of drug-likeness (QED) is 0.809. The number of rotatable bonds is 4. The van der Waals surface area contributed by atoms with Crippen LogP contribution >= 0.6 is 0 Å². The van der Waals surface area contributed by atoms with Gasteiger partial charge in [0.1, 0.15) is 0 Å². The van der Waals surface area contributed by atoms with E-state index in [1.165, 1.54) is 0 Å². The minimum Gasteiger partial charge on any atom is -0.476 e. The molecule has 2 rings (SSSR count). The maximum Gasteiger partial charge on any atom is 0.357 e. The Bertz CT molecular complexity index is 447. The van der Waals surface area contributed by atoms with E-state index in [1.807, 2.05) is 0 Å². The predicted octanol–water partition coefficient (Wildman–Crippen LogP) is 1.05. The Morgan fingerprint density at radius 2 is 2.22 bits per heavy atom. The van der Waals surface area contributed by atoms with Gasteiger partial charge in [-0.2, -0.15) is 5.10 Å². The van der Waals surface area contributed by atoms with E-state index in [4.69, 9.17) is 5.11 Å². The molecule has 1 fully saturated rings. The van der Waals surface area contributed by atoms with Gasteiger partial charge in [-0.05, 0) is 19.4 Å². The van der Waals surface area contributed by atoms with E-state index < -0.39 is 5.97 Å². The second-order valence-electron chi connectivity index (χ2n) is 4.50. The number of carboxylic acids is 1. The van der Waals surface area contributed by atoms with Crippen LogP contribution in [0.3, 0.4) is 0 Å². The first kappa shape index (κ1) is 12.8. The van der Waals surface area contributed by atoms with Crippen molar-refractivity contribution in [2.45, 2.75) is 25.8 Å². The Hall–Kier alpha value is -1.69. The summed E-state index contributed by atoms with van der Waals surface area (Å²) in [5.41, 5.74) is 0.00309. The van der Waals surface area contributed by atoms with E-state index in [0.717, 1.165) is 32.5 Å². The van der Waals surface area contributed by atoms with E-state index in [2.05, 4.69) is 16.9 Å². The predicted molar refractivity (Wildman–Crippen MR) is 65.0 cm³/mol. The number of likely N-dealkylation sites (tertiary alicyclic amines) is 1. The highest BCUT2D eigenvalue weighted by Gasteiger charge is 2.23. The van der Waals surface area contributed by atoms with Crippen LogP contribution in [0.4, 0.5) is 0 Å². The maximum absolute atomic E-state index is 10.9. The van der Waals surface area contributed by atoms with Crippen LogP contribution in [-0.4, -0.2) is 51.7 Å². The zero-order chi connectivity index (χ0) is 13.1. The van der Waals surface area contributed by atoms with Gasteiger partial charge in [0.05, 0.1) is 11.6 Å². The number of nitrogens with zero attached hydrogens (tertiary/aromatic N) is 3. The van der Waals surface area contributed by atoms with Crippen LogP contribution in [-0.2, 0) is 0 Å². The zero-order valence-electron chi connectivity index (χ0n) is 10.4. The van der Waals surface area contributed by atoms with Crippen LogP contribution in [0.5, 0.6) is 0 Å². The summed E-state index contributed by atoms with van der Waals surface area (Å²) >= 11 is 0. The number of aldehydes is 1. The third-order valence-corrected chi connectivity index (χ3v) is 3.47. The molecule has 0 atom stereocenters. The normalized spacial score (nSPS) is 17.8. The third-order valence-electron chi connectivity index (χ3n) is 3.47. The number of aromatic carboxylic acids is 1. The standard InChI is InChI=1S/C12H17N3O3/c1-2-14-5-3-10(4-6-14)15-7-9(8-16)11(13-15)12(17)18/h7-8,10H,2-6H2,1H3,(H,17,18). The largest absolute Gasteiger partial charge is 0.476 e. The summed E-state index contributed by atoms with van der Waals surface area (Å²) < 4.78 is 1.64. The average molecular weight is 251 g/mol. The average Bonchev–Trinajstić information content (AvgIpc) is 2.83. The molecule has 0 spiro atoms. The van der Waals surface area contributed by atoms with Crippen molar-refractivity contribution >= 4 is 12.3 Å². The van der Waals surface area contributed by atoms with Gasteiger partial charge in [-0.15, -0.1) is 0 Å². The van der Waals surface area contributed by atoms with Gasteiger partial charge in [0.15, 0.2) is 12.0 Å². The van der Waals surface area contributed by atoms with Gasteiger partial charge in [0, 0.05) is 19.3 Å². The number of carbonyl (C=O) groups is 2. The van der Waals surface area contributed by atoms with Gasteiger partial charge in [0.2, 0.25) is 0 Å². The highest BCUT2D eigenvalue weighted by atomic mass is 16.4. The van der Waals surface area contributed by atoms with E-state index in [-0.39, 0.29) is 17.3 Å². The summed E-state index contributed by atoms with van der Waals surface area (Å²) in [7, 11) is 0. The molecule has 2 heterocycles. The highest BCUT2D eigenvalue weighted by molar-refractivity contribution is 5.95. The summed E-state index contributed by atoms with van der Waals surface area (Å²) in [6.07, 6.45) is 3.97. The lowest BCUT2D eigenvalue weighted by molar-refractivity contribution is 0.0685. The lowest BCUT2D eigenvalue weighted by atomic mass is 10.1. The molecule has 0 aromatic carbocycles. The van der Waals surface area contributed by atoms with E-state index in [1.54, 1.807) is 10.9 Å². The number of hydrogen-bond donors (Lipinski definition) is 1. The Balaban J connectivity index is 2.14. The van der Waals surface area contributed by atoms with Gasteiger partial charge in [-0.25, -0.2) is 4.79 Å². The monoisotopic (exact) mass is 251 g/mol. The number of carboxylic acid groups (broad SMARTS) is 1. The number of piperidine rings is 1. The summed E-state index contributed by atoms with van der Waals surface area (Å²) in [6.45, 7) is 5.13. The van der Waals surface area contributed by atoms with Crippen LogP contribution in [0, 0.1) is 0 Å². The fraction of sp³-hybridized carbons (Fsp3) is 0.583. The van der Waals surface area contributed by atoms with Crippen LogP contribution in [0.15, 0.2) is 6.20 Å². The van der Waals surface area contributed by atoms with Crippen molar-refractivity contribution in [1.29, 1.82) is 0 Å². The fourth-order valence-corrected chi connectivity index (χ4v) is 2.35. The Morgan fingerprint density at radius 1 is 1.56 bits per heavy atom. The van der Waals surface area contributed by atoms with Gasteiger partial charge >= 0.3 is 5.97 Å². The van der Waals surface area contributed by atoms with Crippen LogP contribution in [0.1, 0.15) is 46.7 Å². The summed E-state index contributed by atoms with van der Waals surface area (Å²) in [5, 5.41) is 13.0. The molecule has 1 saturated heterocycles. The number of hydrogen-bond acceptors (Lipinski definition) is 4. The zero-order valence-corrected chi connectivity index (χ0v) is 10.4. The SMILES string of the molecule is CCN1CCC(n2cc(C=O)c(C(=O)O)n2)CC1. The molecule has 1 aromatic heterocycles. The molecule has 1 N–H and O–H groups in total. The van der Waals surface area contributed by atoms with Crippen molar-refractivity contribution in [2.75, 3.05) is 19.6 Å². The van der Waals surface area contributed by atoms with Gasteiger partial charge in [0.25, 0.3) is 0 Å². The lowest BCUT2D eigenvalue weighted by Gasteiger charge is -2.31. The van der Waals surface area contributed by atoms with E-state index in [0.29, 0.717) is 6.29 Å². The topological polar surface area (TPSA) is 75.4 Å². The smallest absolute Gasteiger partial charge is 0.357 e. The van der Waals surface area contributed by atoms with Gasteiger partial charge < -0.3 is 10.0 Å². The molecule has 0 saturated carbocycles. The van der Waals surface area contributed by atoms with Gasteiger partial charge in [-0.1, -0.05) is 6.92 Å². The minimum absolute atomic E-state index is 0.150. The molecule has 0 aliphatic carbocycles. The molecular formula is C12H17N3O3. The van der Waals surface area contributed by atoms with Crippen molar-refractivity contribution in [2.24, 2.45) is 0 Å². The summed E-state index contributed by atoms with van der Waals surface area (Å²) in [4.78, 5) is 24.1. The van der Waals surface area contributed by atoms with Crippen molar-refractivity contribution in [3.8, 4) is 0 Å². The number of aromatic nitrogens is 2. The Kier molecular flexibility index (Phi) is 3.76. The second-order valence-corrected chi connectivity index (χ2v) is 4.50. The first-order valence-corrected chi connectivity index (χ1v) is 6.15. The molecule has 1 aromatic rings. The number of carbonyl (C=O) groups excluding carboxylic acids is 1. The molecule has 0 unspecified atom stereocenters. The molecule has 98 valence electrons. The molecule has 0 radical (unpaired) electrons. The molecule has 6 nitrogen and oxygen atoms in total. The molecular weight excluding hydrogens is 234 g/mol. The van der Waals surface area contributed by atoms with E-state index in [9.17, 15) is 9.59 Å². The summed E-state index contributed by atoms with van der Waals surface area (Å²) in [6, 6.07) is 0.194. The van der Waals surface area contributed by atoms with Crippen LogP contribution in [0.25, 0.3) is 0 Å². The molecule has 1 aliphatic rings. The van der Waals surface area contributed by atoms with Crippen LogP contribution < -0.4 is 0 Å².